The zero-order valence-electron chi connectivity index (χ0n) is 52.2. The first-order chi connectivity index (χ1) is 38.5. The largest absolute Gasteiger partial charge is 0.462 e. The fraction of sp³-hybridized carbons (Fsp3) is 0.819. The average molecular weight is 1090 g/mol. The zero-order chi connectivity index (χ0) is 56.4. The molecule has 0 N–H and O–H groups in total. The minimum atomic E-state index is -0.782. The van der Waals surface area contributed by atoms with Gasteiger partial charge < -0.3 is 14.2 Å². The lowest BCUT2D eigenvalue weighted by Crippen LogP contribution is -2.30. The van der Waals surface area contributed by atoms with Gasteiger partial charge in [0.25, 0.3) is 0 Å². The molecule has 0 heterocycles. The van der Waals surface area contributed by atoms with Crippen LogP contribution in [0.1, 0.15) is 361 Å². The van der Waals surface area contributed by atoms with Crippen molar-refractivity contribution in [3.05, 3.63) is 60.8 Å². The molecule has 0 amide bonds. The van der Waals surface area contributed by atoms with Crippen molar-refractivity contribution in [2.75, 3.05) is 13.2 Å². The lowest BCUT2D eigenvalue weighted by Gasteiger charge is -2.18. The smallest absolute Gasteiger partial charge is 0.306 e. The lowest BCUT2D eigenvalue weighted by atomic mass is 10.0. The quantitative estimate of drug-likeness (QED) is 0.0261. The average Bonchev–Trinajstić information content (AvgIpc) is 3.44. The van der Waals surface area contributed by atoms with E-state index in [1.54, 1.807) is 0 Å². The Kier molecular flexibility index (Phi) is 64.2. The normalized spacial score (nSPS) is 12.4. The second-order valence-electron chi connectivity index (χ2n) is 23.1. The van der Waals surface area contributed by atoms with Gasteiger partial charge in [0.05, 0.1) is 0 Å². The Morgan fingerprint density at radius 2 is 0.500 bits per heavy atom. The highest BCUT2D eigenvalue weighted by atomic mass is 16.6. The molecule has 0 rings (SSSR count). The minimum Gasteiger partial charge on any atom is -0.462 e. The van der Waals surface area contributed by atoms with E-state index < -0.39 is 6.10 Å². The van der Waals surface area contributed by atoms with Crippen LogP contribution in [-0.4, -0.2) is 37.2 Å². The highest BCUT2D eigenvalue weighted by molar-refractivity contribution is 5.71. The summed E-state index contributed by atoms with van der Waals surface area (Å²) >= 11 is 0. The van der Waals surface area contributed by atoms with Gasteiger partial charge in [-0.15, -0.1) is 0 Å². The van der Waals surface area contributed by atoms with Crippen molar-refractivity contribution in [1.29, 1.82) is 0 Å². The maximum absolute atomic E-state index is 12.9. The van der Waals surface area contributed by atoms with Crippen LogP contribution >= 0.6 is 0 Å². The third-order valence-corrected chi connectivity index (χ3v) is 15.2. The fourth-order valence-corrected chi connectivity index (χ4v) is 10.1. The number of unbranched alkanes of at least 4 members (excludes halogenated alkanes) is 42. The number of carbonyl (C=O) groups excluding carboxylic acids is 3. The Hall–Kier alpha value is -2.89. The van der Waals surface area contributed by atoms with Gasteiger partial charge in [-0.3, -0.25) is 14.4 Å². The highest BCUT2D eigenvalue weighted by Gasteiger charge is 2.19. The third kappa shape index (κ3) is 63.9. The van der Waals surface area contributed by atoms with Crippen LogP contribution in [0.3, 0.4) is 0 Å². The van der Waals surface area contributed by atoms with Gasteiger partial charge in [0.15, 0.2) is 6.10 Å². The molecule has 0 aliphatic rings. The number of rotatable bonds is 63. The molecule has 78 heavy (non-hydrogen) atoms. The molecule has 0 saturated heterocycles. The van der Waals surface area contributed by atoms with Crippen LogP contribution in [-0.2, 0) is 28.6 Å². The second-order valence-corrected chi connectivity index (χ2v) is 23.1. The van der Waals surface area contributed by atoms with E-state index in [1.807, 2.05) is 0 Å². The molecule has 1 unspecified atom stereocenters. The first-order valence-corrected chi connectivity index (χ1v) is 34.3. The van der Waals surface area contributed by atoms with Crippen LogP contribution in [0.15, 0.2) is 60.8 Å². The van der Waals surface area contributed by atoms with E-state index in [2.05, 4.69) is 81.5 Å². The van der Waals surface area contributed by atoms with Crippen LogP contribution in [0.25, 0.3) is 0 Å². The Morgan fingerprint density at radius 3 is 0.821 bits per heavy atom. The summed E-state index contributed by atoms with van der Waals surface area (Å²) in [6.45, 7) is 6.54. The summed E-state index contributed by atoms with van der Waals surface area (Å²) in [4.78, 5) is 38.3. The molecule has 1 atom stereocenters. The monoisotopic (exact) mass is 1090 g/mol. The van der Waals surface area contributed by atoms with E-state index in [0.29, 0.717) is 19.3 Å². The molecule has 0 aromatic carbocycles. The minimum absolute atomic E-state index is 0.0779. The van der Waals surface area contributed by atoms with Gasteiger partial charge in [0.2, 0.25) is 0 Å². The summed E-state index contributed by atoms with van der Waals surface area (Å²) in [7, 11) is 0. The zero-order valence-corrected chi connectivity index (χ0v) is 52.2. The Balaban J connectivity index is 4.14. The van der Waals surface area contributed by atoms with E-state index in [-0.39, 0.29) is 31.1 Å². The molecule has 6 nitrogen and oxygen atoms in total. The van der Waals surface area contributed by atoms with Gasteiger partial charge in [-0.05, 0) is 103 Å². The second kappa shape index (κ2) is 66.6. The van der Waals surface area contributed by atoms with Crippen LogP contribution in [0.5, 0.6) is 0 Å². The fourth-order valence-electron chi connectivity index (χ4n) is 10.1. The summed E-state index contributed by atoms with van der Waals surface area (Å²) in [6.07, 6.45) is 85.5. The van der Waals surface area contributed by atoms with Crippen molar-refractivity contribution in [1.82, 2.24) is 0 Å². The van der Waals surface area contributed by atoms with Crippen LogP contribution in [0.4, 0.5) is 0 Å². The van der Waals surface area contributed by atoms with Crippen molar-refractivity contribution in [2.24, 2.45) is 0 Å². The summed E-state index contributed by atoms with van der Waals surface area (Å²) in [5, 5.41) is 0. The van der Waals surface area contributed by atoms with E-state index in [0.717, 1.165) is 89.9 Å². The third-order valence-electron chi connectivity index (χ3n) is 15.2. The maximum Gasteiger partial charge on any atom is 0.306 e. The number of esters is 3. The molecule has 0 fully saturated rings. The Labute approximate surface area is 485 Å². The van der Waals surface area contributed by atoms with Crippen molar-refractivity contribution >= 4 is 17.9 Å². The summed E-state index contributed by atoms with van der Waals surface area (Å²) in [6, 6.07) is 0. The van der Waals surface area contributed by atoms with Crippen molar-refractivity contribution in [2.45, 2.75) is 367 Å². The predicted molar refractivity (Wildman–Crippen MR) is 339 cm³/mol. The Morgan fingerprint density at radius 1 is 0.269 bits per heavy atom. The van der Waals surface area contributed by atoms with Gasteiger partial charge in [-0.1, -0.05) is 300 Å². The molecule has 454 valence electrons. The highest BCUT2D eigenvalue weighted by Crippen LogP contribution is 2.18. The summed E-state index contributed by atoms with van der Waals surface area (Å²) in [5.41, 5.74) is 0. The molecule has 6 heteroatoms. The molecule has 0 aromatic heterocycles. The molecular weight excluding hydrogens is 961 g/mol. The van der Waals surface area contributed by atoms with Gasteiger partial charge in [-0.25, -0.2) is 0 Å². The maximum atomic E-state index is 12.9. The van der Waals surface area contributed by atoms with Crippen molar-refractivity contribution in [3.8, 4) is 0 Å². The molecule has 0 saturated carbocycles. The van der Waals surface area contributed by atoms with Crippen molar-refractivity contribution in [3.63, 3.8) is 0 Å². The van der Waals surface area contributed by atoms with Gasteiger partial charge in [-0.2, -0.15) is 0 Å². The van der Waals surface area contributed by atoms with Crippen LogP contribution in [0, 0.1) is 0 Å². The van der Waals surface area contributed by atoms with Crippen LogP contribution < -0.4 is 0 Å². The van der Waals surface area contributed by atoms with Gasteiger partial charge >= 0.3 is 17.9 Å². The number of hydrogen-bond acceptors (Lipinski definition) is 6. The standard InChI is InChI=1S/C72H130O6/c1-4-7-10-13-16-19-22-25-27-29-30-31-32-33-34-35-36-37-38-39-40-41-42-44-45-47-50-53-56-59-62-65-71(74)77-68-69(67-76-70(73)64-61-58-55-52-49-24-21-18-15-12-9-6-3)78-72(75)66-63-60-57-54-51-48-46-43-28-26-23-20-17-14-11-8-5-2/h8,11,17-18,20-21,26,28-30,69H,4-7,9-10,12-16,19,22-25,27,31-68H2,1-3H3/b11-8-,20-17-,21-18-,28-26-,30-29-. The number of hydrogen-bond donors (Lipinski definition) is 0. The molecule has 0 aliphatic heterocycles. The number of carbonyl (C=O) groups is 3. The number of ether oxygens (including phenoxy) is 3. The molecule has 0 aromatic rings. The SMILES string of the molecule is CC/C=C\C/C=C\C/C=C\CCCCCCCCCC(=O)OC(COC(=O)CCCCCCC/C=C\CCCCC)COC(=O)CCCCCCCCCCCCCCCCCCCCC/C=C\CCCCCCCCCC. The molecule has 0 bridgehead atoms. The van der Waals surface area contributed by atoms with E-state index in [9.17, 15) is 14.4 Å². The summed E-state index contributed by atoms with van der Waals surface area (Å²) < 4.78 is 16.9. The first-order valence-electron chi connectivity index (χ1n) is 34.3. The van der Waals surface area contributed by atoms with Gasteiger partial charge in [0, 0.05) is 19.3 Å². The molecule has 0 spiro atoms. The van der Waals surface area contributed by atoms with E-state index in [1.165, 1.54) is 231 Å². The van der Waals surface area contributed by atoms with Crippen LogP contribution in [0.2, 0.25) is 0 Å². The topological polar surface area (TPSA) is 78.9 Å². The molecule has 0 aliphatic carbocycles. The predicted octanol–water partition coefficient (Wildman–Crippen LogP) is 23.5. The summed E-state index contributed by atoms with van der Waals surface area (Å²) in [5.74, 6) is -0.879. The van der Waals surface area contributed by atoms with E-state index in [4.69, 9.17) is 14.2 Å². The lowest BCUT2D eigenvalue weighted by molar-refractivity contribution is -0.167. The molecular formula is C72H130O6. The number of allylic oxidation sites excluding steroid dienone is 10. The van der Waals surface area contributed by atoms with Gasteiger partial charge in [0.1, 0.15) is 13.2 Å². The van der Waals surface area contributed by atoms with Crippen molar-refractivity contribution < 1.29 is 28.6 Å². The Bertz CT molecular complexity index is 1390. The molecule has 0 radical (unpaired) electrons. The van der Waals surface area contributed by atoms with E-state index >= 15 is 0 Å². The first kappa shape index (κ1) is 75.1.